The maximum Gasteiger partial charge on any atom is 0.253 e. The van der Waals surface area contributed by atoms with Gasteiger partial charge in [-0.1, -0.05) is 30.0 Å². The standard InChI is InChI=1S/C18H20FN5OS/c1-11-14(12(2)24-17(21-11)22-18(23-24)26-3)10-16(25)20-9-8-13-6-4-5-7-15(13)19/h4-7H,8-10H2,1-3H3,(H,20,25). The van der Waals surface area contributed by atoms with Crippen molar-refractivity contribution >= 4 is 23.4 Å². The molecule has 3 aromatic rings. The van der Waals surface area contributed by atoms with Gasteiger partial charge in [-0.05, 0) is 38.2 Å². The first kappa shape index (κ1) is 18.3. The molecule has 1 N–H and O–H groups in total. The number of nitrogens with one attached hydrogen (secondary N) is 1. The van der Waals surface area contributed by atoms with E-state index in [9.17, 15) is 9.18 Å². The Morgan fingerprint density at radius 1 is 1.27 bits per heavy atom. The number of aromatic nitrogens is 4. The Labute approximate surface area is 155 Å². The Bertz CT molecular complexity index is 956. The minimum atomic E-state index is -0.251. The molecule has 6 nitrogen and oxygen atoms in total. The van der Waals surface area contributed by atoms with Crippen molar-refractivity contribution in [2.45, 2.75) is 31.8 Å². The van der Waals surface area contributed by atoms with Crippen molar-refractivity contribution in [3.8, 4) is 0 Å². The van der Waals surface area contributed by atoms with Crippen LogP contribution in [-0.4, -0.2) is 38.3 Å². The summed E-state index contributed by atoms with van der Waals surface area (Å²) in [4.78, 5) is 21.1. The van der Waals surface area contributed by atoms with Gasteiger partial charge in [0, 0.05) is 23.5 Å². The minimum absolute atomic E-state index is 0.126. The number of rotatable bonds is 6. The number of carbonyl (C=O) groups is 1. The van der Waals surface area contributed by atoms with Gasteiger partial charge in [0.15, 0.2) is 0 Å². The topological polar surface area (TPSA) is 72.2 Å². The van der Waals surface area contributed by atoms with E-state index in [1.54, 1.807) is 22.7 Å². The molecule has 0 aliphatic rings. The summed E-state index contributed by atoms with van der Waals surface area (Å²) >= 11 is 1.45. The molecule has 0 saturated carbocycles. The lowest BCUT2D eigenvalue weighted by Crippen LogP contribution is -2.28. The molecule has 26 heavy (non-hydrogen) atoms. The Hall–Kier alpha value is -2.48. The Morgan fingerprint density at radius 3 is 2.77 bits per heavy atom. The van der Waals surface area contributed by atoms with Crippen molar-refractivity contribution in [3.63, 3.8) is 0 Å². The van der Waals surface area contributed by atoms with Crippen LogP contribution in [0.5, 0.6) is 0 Å². The van der Waals surface area contributed by atoms with E-state index in [4.69, 9.17) is 0 Å². The molecule has 3 rings (SSSR count). The molecule has 2 heterocycles. The second kappa shape index (κ2) is 7.82. The van der Waals surface area contributed by atoms with Crippen molar-refractivity contribution in [2.24, 2.45) is 0 Å². The first-order valence-electron chi connectivity index (χ1n) is 8.26. The number of hydrogen-bond donors (Lipinski definition) is 1. The monoisotopic (exact) mass is 373 g/mol. The van der Waals surface area contributed by atoms with E-state index >= 15 is 0 Å². The van der Waals surface area contributed by atoms with Gasteiger partial charge < -0.3 is 5.32 Å². The van der Waals surface area contributed by atoms with Crippen LogP contribution in [0.2, 0.25) is 0 Å². The van der Waals surface area contributed by atoms with Gasteiger partial charge in [-0.3, -0.25) is 4.79 Å². The fourth-order valence-corrected chi connectivity index (χ4v) is 3.13. The summed E-state index contributed by atoms with van der Waals surface area (Å²) in [6, 6.07) is 6.58. The number of halogens is 1. The molecule has 0 spiro atoms. The average Bonchev–Trinajstić information content (AvgIpc) is 3.03. The van der Waals surface area contributed by atoms with Gasteiger partial charge in [0.25, 0.3) is 5.78 Å². The van der Waals surface area contributed by atoms with Crippen LogP contribution >= 0.6 is 11.8 Å². The van der Waals surface area contributed by atoms with E-state index in [2.05, 4.69) is 20.4 Å². The first-order chi connectivity index (χ1) is 12.5. The number of amides is 1. The molecule has 8 heteroatoms. The number of thioether (sulfide) groups is 1. The van der Waals surface area contributed by atoms with Crippen LogP contribution in [0.15, 0.2) is 29.4 Å². The quantitative estimate of drug-likeness (QED) is 0.672. The first-order valence-corrected chi connectivity index (χ1v) is 9.49. The molecular weight excluding hydrogens is 353 g/mol. The molecule has 0 unspecified atom stereocenters. The van der Waals surface area contributed by atoms with Crippen LogP contribution < -0.4 is 5.32 Å². The third-order valence-electron chi connectivity index (χ3n) is 4.22. The molecule has 0 bridgehead atoms. The number of aryl methyl sites for hydroxylation is 2. The Morgan fingerprint density at radius 2 is 2.04 bits per heavy atom. The lowest BCUT2D eigenvalue weighted by Gasteiger charge is -2.11. The highest BCUT2D eigenvalue weighted by Gasteiger charge is 2.15. The summed E-state index contributed by atoms with van der Waals surface area (Å²) < 4.78 is 15.3. The molecule has 0 atom stereocenters. The molecular formula is C18H20FN5OS. The predicted molar refractivity (Wildman–Crippen MR) is 98.9 cm³/mol. The van der Waals surface area contributed by atoms with Gasteiger partial charge >= 0.3 is 0 Å². The van der Waals surface area contributed by atoms with Crippen LogP contribution in [0.4, 0.5) is 4.39 Å². The maximum absolute atomic E-state index is 13.6. The number of nitrogens with zero attached hydrogens (tertiary/aromatic N) is 4. The molecule has 136 valence electrons. The largest absolute Gasteiger partial charge is 0.355 e. The Kier molecular flexibility index (Phi) is 5.51. The SMILES string of the molecule is CSc1nc2nc(C)c(CC(=O)NCCc3ccccc3F)c(C)n2n1. The highest BCUT2D eigenvalue weighted by molar-refractivity contribution is 7.98. The summed E-state index contributed by atoms with van der Waals surface area (Å²) in [5, 5.41) is 7.87. The third kappa shape index (κ3) is 3.85. The van der Waals surface area contributed by atoms with Crippen LogP contribution in [0.1, 0.15) is 22.5 Å². The molecule has 0 fully saturated rings. The van der Waals surface area contributed by atoms with Gasteiger partial charge in [-0.2, -0.15) is 4.98 Å². The fourth-order valence-electron chi connectivity index (χ4n) is 2.79. The van der Waals surface area contributed by atoms with Crippen LogP contribution in [0.25, 0.3) is 5.78 Å². The third-order valence-corrected chi connectivity index (χ3v) is 4.76. The van der Waals surface area contributed by atoms with E-state index in [1.807, 2.05) is 20.1 Å². The van der Waals surface area contributed by atoms with E-state index in [0.717, 1.165) is 17.0 Å². The van der Waals surface area contributed by atoms with Crippen molar-refractivity contribution < 1.29 is 9.18 Å². The summed E-state index contributed by atoms with van der Waals surface area (Å²) in [6.45, 7) is 4.15. The lowest BCUT2D eigenvalue weighted by molar-refractivity contribution is -0.120. The number of carbonyl (C=O) groups excluding carboxylic acids is 1. The molecule has 2 aromatic heterocycles. The van der Waals surface area contributed by atoms with E-state index < -0.39 is 0 Å². The lowest BCUT2D eigenvalue weighted by atomic mass is 10.1. The number of benzene rings is 1. The molecule has 0 aliphatic heterocycles. The van der Waals surface area contributed by atoms with E-state index in [-0.39, 0.29) is 18.1 Å². The van der Waals surface area contributed by atoms with Crippen LogP contribution in [0, 0.1) is 19.7 Å². The summed E-state index contributed by atoms with van der Waals surface area (Å²) in [6.07, 6.45) is 2.56. The van der Waals surface area contributed by atoms with E-state index in [0.29, 0.717) is 29.5 Å². The van der Waals surface area contributed by atoms with Crippen LogP contribution in [-0.2, 0) is 17.6 Å². The molecule has 0 aliphatic carbocycles. The van der Waals surface area contributed by atoms with Gasteiger partial charge in [0.2, 0.25) is 11.1 Å². The average molecular weight is 373 g/mol. The molecule has 1 aromatic carbocycles. The second-order valence-electron chi connectivity index (χ2n) is 5.94. The van der Waals surface area contributed by atoms with Gasteiger partial charge in [0.1, 0.15) is 5.82 Å². The van der Waals surface area contributed by atoms with Gasteiger partial charge in [-0.25, -0.2) is 13.9 Å². The summed E-state index contributed by atoms with van der Waals surface area (Å²) in [5.74, 6) is 0.158. The Balaban J connectivity index is 1.68. The molecule has 1 amide bonds. The fraction of sp³-hybridized carbons (Fsp3) is 0.333. The highest BCUT2D eigenvalue weighted by Crippen LogP contribution is 2.17. The van der Waals surface area contributed by atoms with Crippen LogP contribution in [0.3, 0.4) is 0 Å². The summed E-state index contributed by atoms with van der Waals surface area (Å²) in [7, 11) is 0. The van der Waals surface area contributed by atoms with Crippen molar-refractivity contribution in [3.05, 3.63) is 52.6 Å². The zero-order valence-electron chi connectivity index (χ0n) is 14.9. The van der Waals surface area contributed by atoms with Gasteiger partial charge in [-0.15, -0.1) is 5.10 Å². The van der Waals surface area contributed by atoms with Gasteiger partial charge in [0.05, 0.1) is 6.42 Å². The molecule has 0 saturated heterocycles. The van der Waals surface area contributed by atoms with E-state index in [1.165, 1.54) is 17.8 Å². The number of fused-ring (bicyclic) bond motifs is 1. The summed E-state index contributed by atoms with van der Waals surface area (Å²) in [5.41, 5.74) is 3.04. The zero-order valence-corrected chi connectivity index (χ0v) is 15.7. The second-order valence-corrected chi connectivity index (χ2v) is 6.71. The smallest absolute Gasteiger partial charge is 0.253 e. The minimum Gasteiger partial charge on any atom is -0.355 e. The van der Waals surface area contributed by atoms with Crippen molar-refractivity contribution in [1.82, 2.24) is 24.9 Å². The molecule has 0 radical (unpaired) electrons. The maximum atomic E-state index is 13.6. The zero-order chi connectivity index (χ0) is 18.7. The number of hydrogen-bond acceptors (Lipinski definition) is 5. The normalized spacial score (nSPS) is 11.1. The van der Waals surface area contributed by atoms with Crippen molar-refractivity contribution in [1.29, 1.82) is 0 Å². The highest BCUT2D eigenvalue weighted by atomic mass is 32.2. The van der Waals surface area contributed by atoms with Crippen molar-refractivity contribution in [2.75, 3.05) is 12.8 Å². The predicted octanol–water partition coefficient (Wildman–Crippen LogP) is 2.50.